The summed E-state index contributed by atoms with van der Waals surface area (Å²) in [5.74, 6) is 0.490. The third kappa shape index (κ3) is 5.02. The molecular formula is C25H28N2O3S2. The third-order valence-corrected chi connectivity index (χ3v) is 7.79. The van der Waals surface area contributed by atoms with E-state index in [1.807, 2.05) is 49.3 Å². The number of ether oxygens (including phenoxy) is 1. The second kappa shape index (κ2) is 10.1. The number of anilines is 1. The molecule has 1 aliphatic heterocycles. The normalized spacial score (nSPS) is 18.5. The molecule has 0 spiro atoms. The molecule has 2 heterocycles. The molecule has 2 aromatic carbocycles. The van der Waals surface area contributed by atoms with Gasteiger partial charge in [0, 0.05) is 29.3 Å². The minimum atomic E-state index is -1.14. The van der Waals surface area contributed by atoms with E-state index in [1.54, 1.807) is 35.1 Å². The second-order valence-corrected chi connectivity index (χ2v) is 10.3. The van der Waals surface area contributed by atoms with Crippen LogP contribution in [0.3, 0.4) is 0 Å². The van der Waals surface area contributed by atoms with Gasteiger partial charge in [-0.25, -0.2) is 0 Å². The number of amides is 1. The molecule has 0 aliphatic carbocycles. The van der Waals surface area contributed by atoms with Crippen molar-refractivity contribution in [2.24, 2.45) is 0 Å². The van der Waals surface area contributed by atoms with Crippen LogP contribution in [0.1, 0.15) is 21.3 Å². The van der Waals surface area contributed by atoms with Crippen molar-refractivity contribution in [3.8, 4) is 5.75 Å². The molecule has 1 aromatic heterocycles. The highest BCUT2D eigenvalue weighted by Crippen LogP contribution is 2.46. The Bertz CT molecular complexity index is 1050. The first-order chi connectivity index (χ1) is 15.5. The molecule has 3 aromatic rings. The number of aliphatic hydroxyl groups is 1. The van der Waals surface area contributed by atoms with Gasteiger partial charge < -0.3 is 19.6 Å². The number of fused-ring (bicyclic) bond motifs is 1. The number of methoxy groups -OCH3 is 1. The molecule has 0 saturated carbocycles. The highest BCUT2D eigenvalue weighted by molar-refractivity contribution is 7.99. The van der Waals surface area contributed by atoms with Crippen molar-refractivity contribution in [2.45, 2.75) is 22.7 Å². The van der Waals surface area contributed by atoms with Crippen LogP contribution >= 0.6 is 23.1 Å². The largest absolute Gasteiger partial charge is 0.497 e. The third-order valence-electron chi connectivity index (χ3n) is 5.55. The summed E-state index contributed by atoms with van der Waals surface area (Å²) < 4.78 is 5.27. The molecule has 4 rings (SSSR count). The topological polar surface area (TPSA) is 53.0 Å². The molecule has 2 unspecified atom stereocenters. The van der Waals surface area contributed by atoms with E-state index in [2.05, 4.69) is 29.6 Å². The van der Waals surface area contributed by atoms with Gasteiger partial charge in [-0.15, -0.1) is 23.1 Å². The van der Waals surface area contributed by atoms with Gasteiger partial charge in [-0.1, -0.05) is 24.3 Å². The van der Waals surface area contributed by atoms with Crippen LogP contribution in [0, 0.1) is 0 Å². The average molecular weight is 469 g/mol. The van der Waals surface area contributed by atoms with E-state index < -0.39 is 11.4 Å². The fourth-order valence-electron chi connectivity index (χ4n) is 3.78. The lowest BCUT2D eigenvalue weighted by Gasteiger charge is -2.26. The van der Waals surface area contributed by atoms with E-state index in [4.69, 9.17) is 4.74 Å². The quantitative estimate of drug-likeness (QED) is 0.555. The predicted molar refractivity (Wildman–Crippen MR) is 132 cm³/mol. The number of thiophene rings is 1. The lowest BCUT2D eigenvalue weighted by atomic mass is 10.1. The Morgan fingerprint density at radius 2 is 1.91 bits per heavy atom. The number of hydrogen-bond donors (Lipinski definition) is 1. The minimum Gasteiger partial charge on any atom is -0.497 e. The zero-order chi connectivity index (χ0) is 22.7. The Morgan fingerprint density at radius 3 is 2.56 bits per heavy atom. The minimum absolute atomic E-state index is 0.259. The van der Waals surface area contributed by atoms with E-state index >= 15 is 0 Å². The van der Waals surface area contributed by atoms with Crippen molar-refractivity contribution in [2.75, 3.05) is 39.2 Å². The van der Waals surface area contributed by atoms with E-state index in [0.29, 0.717) is 13.1 Å². The molecule has 0 fully saturated rings. The summed E-state index contributed by atoms with van der Waals surface area (Å²) in [5, 5.41) is 12.8. The number of aliphatic hydroxyl groups excluding tert-OH is 1. The molecular weight excluding hydrogens is 440 g/mol. The summed E-state index contributed by atoms with van der Waals surface area (Å²) in [7, 11) is 5.60. The maximum atomic E-state index is 13.4. The Kier molecular flexibility index (Phi) is 7.20. The molecule has 32 heavy (non-hydrogen) atoms. The van der Waals surface area contributed by atoms with Crippen LogP contribution in [0.25, 0.3) is 0 Å². The first-order valence-electron chi connectivity index (χ1n) is 10.6. The standard InChI is InChI=1S/C25H28N2O3S2/c1-26(2)12-13-27-21-11-6-17(15-20-5-4-14-31-20)16-22(21)32-24(23(28)25(27)29)18-7-9-19(30-3)10-8-18/h4-11,14,16,23-24,28H,12-13,15H2,1-3H3. The molecule has 7 heteroatoms. The average Bonchev–Trinajstić information content (AvgIpc) is 3.27. The van der Waals surface area contributed by atoms with Crippen LogP contribution in [0.5, 0.6) is 5.75 Å². The van der Waals surface area contributed by atoms with Gasteiger partial charge in [0.2, 0.25) is 0 Å². The molecule has 1 amide bonds. The number of rotatable bonds is 7. The van der Waals surface area contributed by atoms with Gasteiger partial charge in [-0.2, -0.15) is 0 Å². The van der Waals surface area contributed by atoms with Crippen molar-refractivity contribution in [1.29, 1.82) is 0 Å². The molecule has 1 aliphatic rings. The summed E-state index contributed by atoms with van der Waals surface area (Å²) in [5.41, 5.74) is 2.97. The first kappa shape index (κ1) is 22.9. The molecule has 5 nitrogen and oxygen atoms in total. The number of thioether (sulfide) groups is 1. The van der Waals surface area contributed by atoms with Crippen molar-refractivity contribution < 1.29 is 14.6 Å². The van der Waals surface area contributed by atoms with Gasteiger partial charge in [0.05, 0.1) is 18.0 Å². The van der Waals surface area contributed by atoms with Crippen LogP contribution in [-0.4, -0.2) is 56.3 Å². The Balaban J connectivity index is 1.72. The van der Waals surface area contributed by atoms with Crippen molar-refractivity contribution in [3.63, 3.8) is 0 Å². The summed E-state index contributed by atoms with van der Waals surface area (Å²) in [4.78, 5) is 19.5. The van der Waals surface area contributed by atoms with Gasteiger partial charge in [-0.05, 0) is 60.9 Å². The number of carbonyl (C=O) groups excluding carboxylic acids is 1. The smallest absolute Gasteiger partial charge is 0.257 e. The Hall–Kier alpha value is -2.32. The van der Waals surface area contributed by atoms with Gasteiger partial charge in [0.25, 0.3) is 5.91 Å². The second-order valence-electron chi connectivity index (χ2n) is 8.11. The fraction of sp³-hybridized carbons (Fsp3) is 0.320. The number of nitrogens with zero attached hydrogens (tertiary/aromatic N) is 2. The van der Waals surface area contributed by atoms with Crippen molar-refractivity contribution in [1.82, 2.24) is 4.90 Å². The number of benzene rings is 2. The van der Waals surface area contributed by atoms with Gasteiger partial charge in [-0.3, -0.25) is 4.79 Å². The van der Waals surface area contributed by atoms with Crippen molar-refractivity contribution in [3.05, 3.63) is 76.0 Å². The summed E-state index contributed by atoms with van der Waals surface area (Å²) in [6, 6.07) is 18.1. The monoisotopic (exact) mass is 468 g/mol. The fourth-order valence-corrected chi connectivity index (χ4v) is 5.85. The molecule has 0 radical (unpaired) electrons. The van der Waals surface area contributed by atoms with Crippen LogP contribution < -0.4 is 9.64 Å². The zero-order valence-electron chi connectivity index (χ0n) is 18.5. The predicted octanol–water partition coefficient (Wildman–Crippen LogP) is 4.45. The zero-order valence-corrected chi connectivity index (χ0v) is 20.2. The SMILES string of the molecule is COc1ccc(C2Sc3cc(Cc4cccs4)ccc3N(CCN(C)C)C(=O)C2O)cc1. The van der Waals surface area contributed by atoms with Gasteiger partial charge in [0.1, 0.15) is 11.9 Å². The highest BCUT2D eigenvalue weighted by Gasteiger charge is 2.37. The lowest BCUT2D eigenvalue weighted by molar-refractivity contribution is -0.126. The number of hydrogen-bond acceptors (Lipinski definition) is 6. The summed E-state index contributed by atoms with van der Waals surface area (Å²) >= 11 is 3.30. The van der Waals surface area contributed by atoms with Crippen LogP contribution in [0.2, 0.25) is 0 Å². The molecule has 0 saturated heterocycles. The molecule has 0 bridgehead atoms. The van der Waals surface area contributed by atoms with E-state index in [-0.39, 0.29) is 5.91 Å². The molecule has 168 valence electrons. The van der Waals surface area contributed by atoms with Crippen LogP contribution in [-0.2, 0) is 11.2 Å². The molecule has 1 N–H and O–H groups in total. The van der Waals surface area contributed by atoms with E-state index in [1.165, 1.54) is 10.4 Å². The van der Waals surface area contributed by atoms with Crippen molar-refractivity contribution >= 4 is 34.7 Å². The number of likely N-dealkylation sites (N-methyl/N-ethyl adjacent to an activating group) is 1. The number of carbonyl (C=O) groups is 1. The maximum absolute atomic E-state index is 13.4. The summed E-state index contributed by atoms with van der Waals surface area (Å²) in [6.07, 6.45) is -0.281. The Labute approximate surface area is 197 Å². The Morgan fingerprint density at radius 1 is 1.12 bits per heavy atom. The molecule has 2 atom stereocenters. The maximum Gasteiger partial charge on any atom is 0.257 e. The highest BCUT2D eigenvalue weighted by atomic mass is 32.2. The van der Waals surface area contributed by atoms with Crippen LogP contribution in [0.4, 0.5) is 5.69 Å². The van der Waals surface area contributed by atoms with E-state index in [0.717, 1.165) is 28.3 Å². The van der Waals surface area contributed by atoms with Gasteiger partial charge in [0.15, 0.2) is 0 Å². The van der Waals surface area contributed by atoms with Gasteiger partial charge >= 0.3 is 0 Å². The van der Waals surface area contributed by atoms with Crippen LogP contribution in [0.15, 0.2) is 64.9 Å². The first-order valence-corrected chi connectivity index (χ1v) is 12.3. The lowest BCUT2D eigenvalue weighted by Crippen LogP contribution is -2.43. The van der Waals surface area contributed by atoms with E-state index in [9.17, 15) is 9.90 Å². The summed E-state index contributed by atoms with van der Waals surface area (Å²) in [6.45, 7) is 1.24.